The van der Waals surface area contributed by atoms with Gasteiger partial charge in [0.05, 0.1) is 28.0 Å². The van der Waals surface area contributed by atoms with Crippen LogP contribution in [-0.2, 0) is 20.0 Å². The standard InChI is InChI=1S/C25H38N2O5S2/c1-7-19(5)23(26-33(29,30)21-13-9-17(3)10-14-21)25(28)24(20(6)8-2)27-34(31,32)22-15-11-18(4)12-16-22/h9-16,19-20,23-28H,7-8H2,1-6H3/t19-,20-,23-,24-/m0/s1. The summed E-state index contributed by atoms with van der Waals surface area (Å²) >= 11 is 0. The Morgan fingerprint density at radius 1 is 0.676 bits per heavy atom. The van der Waals surface area contributed by atoms with Crippen LogP contribution in [0.1, 0.15) is 51.7 Å². The Morgan fingerprint density at radius 3 is 1.24 bits per heavy atom. The minimum absolute atomic E-state index is 0.0962. The predicted octanol–water partition coefficient (Wildman–Crippen LogP) is 3.75. The first-order valence-corrected chi connectivity index (χ1v) is 14.6. The second-order valence-corrected chi connectivity index (χ2v) is 12.6. The quantitative estimate of drug-likeness (QED) is 0.403. The van der Waals surface area contributed by atoms with E-state index in [0.29, 0.717) is 12.8 Å². The number of hydrogen-bond acceptors (Lipinski definition) is 5. The summed E-state index contributed by atoms with van der Waals surface area (Å²) in [6, 6.07) is 11.1. The molecule has 0 aliphatic carbocycles. The van der Waals surface area contributed by atoms with Gasteiger partial charge in [-0.15, -0.1) is 0 Å². The molecule has 0 aliphatic heterocycles. The average molecular weight is 511 g/mol. The molecule has 2 aromatic carbocycles. The maximum Gasteiger partial charge on any atom is 0.240 e. The Balaban J connectivity index is 2.41. The van der Waals surface area contributed by atoms with Crippen LogP contribution < -0.4 is 9.44 Å². The number of nitrogens with one attached hydrogen (secondary N) is 2. The van der Waals surface area contributed by atoms with Gasteiger partial charge in [0.25, 0.3) is 0 Å². The highest BCUT2D eigenvalue weighted by Gasteiger charge is 2.38. The normalized spacial score (nSPS) is 16.2. The second kappa shape index (κ2) is 11.8. The molecule has 0 bridgehead atoms. The van der Waals surface area contributed by atoms with Crippen molar-refractivity contribution in [3.8, 4) is 0 Å². The van der Waals surface area contributed by atoms with E-state index in [1.54, 1.807) is 24.3 Å². The molecular weight excluding hydrogens is 472 g/mol. The summed E-state index contributed by atoms with van der Waals surface area (Å²) in [7, 11) is -7.86. The van der Waals surface area contributed by atoms with E-state index in [4.69, 9.17) is 0 Å². The van der Waals surface area contributed by atoms with Crippen molar-refractivity contribution in [2.45, 2.75) is 82.4 Å². The maximum atomic E-state index is 13.1. The third-order valence-electron chi connectivity index (χ3n) is 6.49. The molecule has 0 amide bonds. The Hall–Kier alpha value is -1.78. The number of aryl methyl sites for hydroxylation is 2. The molecule has 0 spiro atoms. The van der Waals surface area contributed by atoms with Gasteiger partial charge in [0.2, 0.25) is 20.0 Å². The zero-order valence-corrected chi connectivity index (χ0v) is 22.4. The molecule has 0 saturated carbocycles. The lowest BCUT2D eigenvalue weighted by Gasteiger charge is -2.36. The molecule has 0 aromatic heterocycles. The lowest BCUT2D eigenvalue weighted by molar-refractivity contribution is 0.0619. The monoisotopic (exact) mass is 510 g/mol. The first-order chi connectivity index (χ1) is 15.8. The highest BCUT2D eigenvalue weighted by atomic mass is 32.2. The highest BCUT2D eigenvalue weighted by molar-refractivity contribution is 7.89. The molecule has 2 aromatic rings. The topological polar surface area (TPSA) is 113 Å². The Labute approximate surface area is 205 Å². The number of hydrogen-bond donors (Lipinski definition) is 3. The van der Waals surface area contributed by atoms with Crippen molar-refractivity contribution in [2.75, 3.05) is 0 Å². The summed E-state index contributed by atoms with van der Waals surface area (Å²) in [5.41, 5.74) is 1.86. The zero-order chi connectivity index (χ0) is 25.7. The molecule has 0 heterocycles. The number of benzene rings is 2. The lowest BCUT2D eigenvalue weighted by atomic mass is 9.86. The van der Waals surface area contributed by atoms with Gasteiger partial charge in [-0.2, -0.15) is 0 Å². The Bertz CT molecular complexity index is 1040. The summed E-state index contributed by atoms with van der Waals surface area (Å²) < 4.78 is 57.8. The van der Waals surface area contributed by atoms with Gasteiger partial charge in [-0.05, 0) is 49.9 Å². The minimum Gasteiger partial charge on any atom is -0.390 e. The van der Waals surface area contributed by atoms with Gasteiger partial charge in [0.15, 0.2) is 0 Å². The summed E-state index contributed by atoms with van der Waals surface area (Å²) in [6.45, 7) is 11.2. The molecular formula is C25H38N2O5S2. The highest BCUT2D eigenvalue weighted by Crippen LogP contribution is 2.24. The lowest BCUT2D eigenvalue weighted by Crippen LogP contribution is -2.58. The number of aliphatic hydroxyl groups excluding tert-OH is 1. The van der Waals surface area contributed by atoms with Crippen LogP contribution in [0.2, 0.25) is 0 Å². The van der Waals surface area contributed by atoms with Gasteiger partial charge in [0.1, 0.15) is 0 Å². The summed E-state index contributed by atoms with van der Waals surface area (Å²) in [5, 5.41) is 11.4. The van der Waals surface area contributed by atoms with E-state index < -0.39 is 38.2 Å². The van der Waals surface area contributed by atoms with E-state index in [1.165, 1.54) is 24.3 Å². The maximum absolute atomic E-state index is 13.1. The van der Waals surface area contributed by atoms with E-state index in [0.717, 1.165) is 11.1 Å². The summed E-state index contributed by atoms with van der Waals surface area (Å²) in [5.74, 6) is -0.490. The molecule has 34 heavy (non-hydrogen) atoms. The number of sulfonamides is 2. The van der Waals surface area contributed by atoms with E-state index in [1.807, 2.05) is 41.5 Å². The smallest absolute Gasteiger partial charge is 0.240 e. The average Bonchev–Trinajstić information content (AvgIpc) is 2.80. The minimum atomic E-state index is -3.93. The van der Waals surface area contributed by atoms with Gasteiger partial charge in [-0.25, -0.2) is 26.3 Å². The molecule has 0 unspecified atom stereocenters. The molecule has 0 aliphatic rings. The van der Waals surface area contributed by atoms with Crippen LogP contribution in [0, 0.1) is 25.7 Å². The Kier molecular flexibility index (Phi) is 9.85. The molecule has 0 radical (unpaired) electrons. The molecule has 3 N–H and O–H groups in total. The van der Waals surface area contributed by atoms with Crippen molar-refractivity contribution >= 4 is 20.0 Å². The van der Waals surface area contributed by atoms with Crippen LogP contribution in [0.5, 0.6) is 0 Å². The van der Waals surface area contributed by atoms with Crippen molar-refractivity contribution in [3.05, 3.63) is 59.7 Å². The van der Waals surface area contributed by atoms with Gasteiger partial charge in [-0.3, -0.25) is 0 Å². The van der Waals surface area contributed by atoms with Crippen molar-refractivity contribution in [1.82, 2.24) is 9.44 Å². The van der Waals surface area contributed by atoms with Crippen LogP contribution in [-0.4, -0.2) is 40.1 Å². The fourth-order valence-corrected chi connectivity index (χ4v) is 6.43. The van der Waals surface area contributed by atoms with Crippen molar-refractivity contribution in [1.29, 1.82) is 0 Å². The van der Waals surface area contributed by atoms with Gasteiger partial charge < -0.3 is 5.11 Å². The zero-order valence-electron chi connectivity index (χ0n) is 20.8. The van der Waals surface area contributed by atoms with Gasteiger partial charge >= 0.3 is 0 Å². The SMILES string of the molecule is CC[C@H](C)[C@H](NS(=O)(=O)c1ccc(C)cc1)C(O)[C@@H](NS(=O)(=O)c1ccc(C)cc1)[C@@H](C)CC. The van der Waals surface area contributed by atoms with Crippen molar-refractivity contribution < 1.29 is 21.9 Å². The van der Waals surface area contributed by atoms with Gasteiger partial charge in [-0.1, -0.05) is 75.9 Å². The van der Waals surface area contributed by atoms with E-state index in [9.17, 15) is 21.9 Å². The fourth-order valence-electron chi connectivity index (χ4n) is 3.71. The molecule has 9 heteroatoms. The summed E-state index contributed by atoms with van der Waals surface area (Å²) in [4.78, 5) is 0.192. The third kappa shape index (κ3) is 7.11. The number of aliphatic hydroxyl groups is 1. The third-order valence-corrected chi connectivity index (χ3v) is 9.45. The molecule has 2 rings (SSSR count). The molecule has 4 atom stereocenters. The van der Waals surface area contributed by atoms with Crippen LogP contribution in [0.15, 0.2) is 58.3 Å². The van der Waals surface area contributed by atoms with Crippen molar-refractivity contribution in [3.63, 3.8) is 0 Å². The van der Waals surface area contributed by atoms with Crippen molar-refractivity contribution in [2.24, 2.45) is 11.8 Å². The fraction of sp³-hybridized carbons (Fsp3) is 0.520. The van der Waals surface area contributed by atoms with Crippen LogP contribution in [0.25, 0.3) is 0 Å². The molecule has 7 nitrogen and oxygen atoms in total. The molecule has 190 valence electrons. The Morgan fingerprint density at radius 2 is 0.971 bits per heavy atom. The second-order valence-electron chi connectivity index (χ2n) is 9.18. The summed E-state index contributed by atoms with van der Waals surface area (Å²) in [6.07, 6.45) is -0.100. The molecule has 0 fully saturated rings. The first-order valence-electron chi connectivity index (χ1n) is 11.7. The predicted molar refractivity (Wildman–Crippen MR) is 135 cm³/mol. The van der Waals surface area contributed by atoms with Crippen LogP contribution in [0.3, 0.4) is 0 Å². The van der Waals surface area contributed by atoms with Crippen LogP contribution >= 0.6 is 0 Å². The van der Waals surface area contributed by atoms with E-state index in [2.05, 4.69) is 9.44 Å². The first kappa shape index (κ1) is 28.5. The number of rotatable bonds is 12. The molecule has 0 saturated heterocycles. The van der Waals surface area contributed by atoms with Gasteiger partial charge in [0, 0.05) is 0 Å². The van der Waals surface area contributed by atoms with Crippen LogP contribution in [0.4, 0.5) is 0 Å². The largest absolute Gasteiger partial charge is 0.390 e. The van der Waals surface area contributed by atoms with E-state index in [-0.39, 0.29) is 21.6 Å². The van der Waals surface area contributed by atoms with E-state index >= 15 is 0 Å².